The van der Waals surface area contributed by atoms with Gasteiger partial charge in [0.2, 0.25) is 0 Å². The lowest BCUT2D eigenvalue weighted by molar-refractivity contribution is 0.275. The van der Waals surface area contributed by atoms with E-state index in [1.54, 1.807) is 13.3 Å². The van der Waals surface area contributed by atoms with Gasteiger partial charge in [0.05, 0.1) is 19.4 Å². The largest absolute Gasteiger partial charge is 0.497 e. The minimum absolute atomic E-state index is 0.0561. The summed E-state index contributed by atoms with van der Waals surface area (Å²) in [7, 11) is 1.64. The number of methoxy groups -OCH3 is 1. The summed E-state index contributed by atoms with van der Waals surface area (Å²) < 4.78 is 5.18. The topological polar surface area (TPSA) is 55.2 Å². The van der Waals surface area contributed by atoms with Crippen molar-refractivity contribution in [2.75, 3.05) is 7.11 Å². The number of benzene rings is 1. The molecule has 4 nitrogen and oxygen atoms in total. The van der Waals surface area contributed by atoms with Crippen LogP contribution in [0.1, 0.15) is 22.6 Å². The van der Waals surface area contributed by atoms with Crippen molar-refractivity contribution in [3.8, 4) is 5.75 Å². The minimum atomic E-state index is -0.0561. The molecular formula is C14H16N2O2. The molecule has 1 aromatic carbocycles. The zero-order valence-electron chi connectivity index (χ0n) is 10.6. The van der Waals surface area contributed by atoms with Crippen molar-refractivity contribution >= 4 is 0 Å². The molecule has 0 atom stereocenters. The minimum Gasteiger partial charge on any atom is -0.497 e. The van der Waals surface area contributed by atoms with Crippen LogP contribution < -0.4 is 4.74 Å². The van der Waals surface area contributed by atoms with Gasteiger partial charge >= 0.3 is 0 Å². The van der Waals surface area contributed by atoms with Gasteiger partial charge in [0.1, 0.15) is 11.6 Å². The number of aromatic nitrogens is 2. The monoisotopic (exact) mass is 244 g/mol. The summed E-state index contributed by atoms with van der Waals surface area (Å²) in [5.41, 5.74) is 2.68. The number of aryl methyl sites for hydroxylation is 1. The Balaban J connectivity index is 2.22. The van der Waals surface area contributed by atoms with Gasteiger partial charge in [-0.3, -0.25) is 0 Å². The molecule has 0 saturated heterocycles. The van der Waals surface area contributed by atoms with Crippen molar-refractivity contribution in [3.63, 3.8) is 0 Å². The molecule has 0 bridgehead atoms. The number of aliphatic hydroxyl groups excluding tert-OH is 1. The van der Waals surface area contributed by atoms with Crippen LogP contribution in [0.25, 0.3) is 0 Å². The zero-order valence-corrected chi connectivity index (χ0v) is 10.6. The fraction of sp³-hybridized carbons (Fsp3) is 0.286. The van der Waals surface area contributed by atoms with E-state index < -0.39 is 0 Å². The Hall–Kier alpha value is -1.94. The maximum absolute atomic E-state index is 9.18. The highest BCUT2D eigenvalue weighted by atomic mass is 16.5. The van der Waals surface area contributed by atoms with Gasteiger partial charge in [0.15, 0.2) is 0 Å². The molecule has 0 saturated carbocycles. The predicted molar refractivity (Wildman–Crippen MR) is 68.5 cm³/mol. The van der Waals surface area contributed by atoms with E-state index in [1.165, 1.54) is 0 Å². The van der Waals surface area contributed by atoms with Crippen molar-refractivity contribution < 1.29 is 9.84 Å². The number of ether oxygens (including phenoxy) is 1. The third kappa shape index (κ3) is 2.84. The van der Waals surface area contributed by atoms with E-state index in [4.69, 9.17) is 4.74 Å². The van der Waals surface area contributed by atoms with Gasteiger partial charge in [-0.15, -0.1) is 0 Å². The van der Waals surface area contributed by atoms with Crippen LogP contribution in [-0.2, 0) is 13.0 Å². The van der Waals surface area contributed by atoms with Crippen LogP contribution in [0.3, 0.4) is 0 Å². The Bertz CT molecular complexity index is 541. The quantitative estimate of drug-likeness (QED) is 0.892. The van der Waals surface area contributed by atoms with Crippen molar-refractivity contribution in [1.82, 2.24) is 9.97 Å². The first-order chi connectivity index (χ1) is 8.72. The van der Waals surface area contributed by atoms with Crippen molar-refractivity contribution in [2.45, 2.75) is 20.0 Å². The highest BCUT2D eigenvalue weighted by Gasteiger charge is 2.04. The maximum Gasteiger partial charge on any atom is 0.133 e. The number of rotatable bonds is 4. The van der Waals surface area contributed by atoms with E-state index in [1.807, 2.05) is 31.2 Å². The summed E-state index contributed by atoms with van der Waals surface area (Å²) in [6, 6.07) is 7.81. The Morgan fingerprint density at radius 3 is 2.89 bits per heavy atom. The molecule has 0 fully saturated rings. The number of aliphatic hydroxyl groups is 1. The first kappa shape index (κ1) is 12.5. The van der Waals surface area contributed by atoms with Crippen LogP contribution in [-0.4, -0.2) is 22.2 Å². The summed E-state index contributed by atoms with van der Waals surface area (Å²) in [4.78, 5) is 8.61. The van der Waals surface area contributed by atoms with Crippen LogP contribution in [0.4, 0.5) is 0 Å². The second-order valence-electron chi connectivity index (χ2n) is 4.10. The Labute approximate surface area is 106 Å². The molecule has 94 valence electrons. The maximum atomic E-state index is 9.18. The van der Waals surface area contributed by atoms with Gasteiger partial charge in [0, 0.05) is 12.6 Å². The summed E-state index contributed by atoms with van der Waals surface area (Å²) >= 11 is 0. The highest BCUT2D eigenvalue weighted by Crippen LogP contribution is 2.15. The molecular weight excluding hydrogens is 228 g/mol. The molecule has 0 spiro atoms. The number of hydrogen-bond donors (Lipinski definition) is 1. The van der Waals surface area contributed by atoms with Gasteiger partial charge in [-0.2, -0.15) is 0 Å². The van der Waals surface area contributed by atoms with E-state index in [0.29, 0.717) is 17.9 Å². The molecule has 0 unspecified atom stereocenters. The normalized spacial score (nSPS) is 10.4. The number of nitrogens with zero attached hydrogens (tertiary/aromatic N) is 2. The highest BCUT2D eigenvalue weighted by molar-refractivity contribution is 5.30. The summed E-state index contributed by atoms with van der Waals surface area (Å²) in [6.07, 6.45) is 2.37. The van der Waals surface area contributed by atoms with Gasteiger partial charge in [-0.05, 0) is 30.2 Å². The number of hydrogen-bond acceptors (Lipinski definition) is 4. The molecule has 4 heteroatoms. The molecule has 1 aromatic heterocycles. The van der Waals surface area contributed by atoms with E-state index in [9.17, 15) is 5.11 Å². The second kappa shape index (κ2) is 5.60. The first-order valence-corrected chi connectivity index (χ1v) is 5.78. The fourth-order valence-electron chi connectivity index (χ4n) is 1.73. The van der Waals surface area contributed by atoms with Crippen molar-refractivity contribution in [2.24, 2.45) is 0 Å². The van der Waals surface area contributed by atoms with Crippen molar-refractivity contribution in [1.29, 1.82) is 0 Å². The average Bonchev–Trinajstić information content (AvgIpc) is 2.41. The zero-order chi connectivity index (χ0) is 13.0. The summed E-state index contributed by atoms with van der Waals surface area (Å²) in [6.45, 7) is 1.83. The van der Waals surface area contributed by atoms with E-state index >= 15 is 0 Å². The molecule has 2 rings (SSSR count). The summed E-state index contributed by atoms with van der Waals surface area (Å²) in [5, 5.41) is 9.18. The second-order valence-corrected chi connectivity index (χ2v) is 4.10. The smallest absolute Gasteiger partial charge is 0.133 e. The lowest BCUT2D eigenvalue weighted by Crippen LogP contribution is -2.02. The fourth-order valence-corrected chi connectivity index (χ4v) is 1.73. The molecule has 0 radical (unpaired) electrons. The van der Waals surface area contributed by atoms with Crippen LogP contribution in [0.15, 0.2) is 30.5 Å². The van der Waals surface area contributed by atoms with Crippen LogP contribution >= 0.6 is 0 Å². The lowest BCUT2D eigenvalue weighted by Gasteiger charge is -2.06. The molecule has 1 N–H and O–H groups in total. The van der Waals surface area contributed by atoms with Crippen LogP contribution in [0.2, 0.25) is 0 Å². The third-order valence-electron chi connectivity index (χ3n) is 2.77. The molecule has 0 aliphatic heterocycles. The Morgan fingerprint density at radius 1 is 1.33 bits per heavy atom. The predicted octanol–water partition coefficient (Wildman–Crippen LogP) is 1.88. The SMILES string of the molecule is COc1cccc(Cc2ncc(C)c(CO)n2)c1. The van der Waals surface area contributed by atoms with Crippen LogP contribution in [0.5, 0.6) is 5.75 Å². The molecule has 18 heavy (non-hydrogen) atoms. The molecule has 0 aliphatic rings. The average molecular weight is 244 g/mol. The van der Waals surface area contributed by atoms with E-state index in [-0.39, 0.29) is 6.61 Å². The first-order valence-electron chi connectivity index (χ1n) is 5.78. The summed E-state index contributed by atoms with van der Waals surface area (Å²) in [5.74, 6) is 1.53. The Morgan fingerprint density at radius 2 is 2.17 bits per heavy atom. The Kier molecular flexibility index (Phi) is 3.89. The molecule has 0 aliphatic carbocycles. The third-order valence-corrected chi connectivity index (χ3v) is 2.77. The lowest BCUT2D eigenvalue weighted by atomic mass is 10.1. The van der Waals surface area contributed by atoms with Gasteiger partial charge < -0.3 is 9.84 Å². The van der Waals surface area contributed by atoms with Gasteiger partial charge in [-0.25, -0.2) is 9.97 Å². The van der Waals surface area contributed by atoms with E-state index in [0.717, 1.165) is 16.9 Å². The van der Waals surface area contributed by atoms with Gasteiger partial charge in [0.25, 0.3) is 0 Å². The van der Waals surface area contributed by atoms with Gasteiger partial charge in [-0.1, -0.05) is 12.1 Å². The van der Waals surface area contributed by atoms with Crippen molar-refractivity contribution in [3.05, 3.63) is 53.1 Å². The molecule has 1 heterocycles. The van der Waals surface area contributed by atoms with Crippen LogP contribution in [0, 0.1) is 6.92 Å². The standard InChI is InChI=1S/C14H16N2O2/c1-10-8-15-14(16-13(10)9-17)7-11-4-3-5-12(6-11)18-2/h3-6,8,17H,7,9H2,1-2H3. The molecule has 2 aromatic rings. The molecule has 0 amide bonds. The van der Waals surface area contributed by atoms with E-state index in [2.05, 4.69) is 9.97 Å².